The molecule has 0 spiro atoms. The first-order valence-electron chi connectivity index (χ1n) is 7.97. The number of aryl methyl sites for hydroxylation is 1. The third-order valence-electron chi connectivity index (χ3n) is 3.76. The summed E-state index contributed by atoms with van der Waals surface area (Å²) in [5, 5.41) is 23.1. The van der Waals surface area contributed by atoms with Crippen LogP contribution in [0.1, 0.15) is 46.1 Å². The number of para-hydroxylation sites is 1. The third-order valence-corrected chi connectivity index (χ3v) is 3.76. The Morgan fingerprint density at radius 1 is 1.28 bits per heavy atom. The lowest BCUT2D eigenvalue weighted by Gasteiger charge is -2.31. The van der Waals surface area contributed by atoms with Crippen LogP contribution in [0.4, 0.5) is 10.5 Å². The molecule has 0 saturated carbocycles. The molecule has 0 bridgehead atoms. The van der Waals surface area contributed by atoms with Gasteiger partial charge in [0.05, 0.1) is 4.92 Å². The normalized spacial score (nSPS) is 13.6. The molecule has 0 heterocycles. The van der Waals surface area contributed by atoms with Crippen molar-refractivity contribution in [2.75, 3.05) is 0 Å². The highest BCUT2D eigenvalue weighted by atomic mass is 16.6. The van der Waals surface area contributed by atoms with Gasteiger partial charge in [0.15, 0.2) is 0 Å². The Labute approximate surface area is 146 Å². The van der Waals surface area contributed by atoms with Crippen molar-refractivity contribution in [3.05, 3.63) is 39.9 Å². The fourth-order valence-corrected chi connectivity index (χ4v) is 2.39. The second-order valence-corrected chi connectivity index (χ2v) is 6.75. The van der Waals surface area contributed by atoms with E-state index in [-0.39, 0.29) is 24.9 Å². The lowest BCUT2D eigenvalue weighted by Crippen LogP contribution is -2.55. The van der Waals surface area contributed by atoms with Gasteiger partial charge in [-0.3, -0.25) is 10.1 Å². The summed E-state index contributed by atoms with van der Waals surface area (Å²) in [5.41, 5.74) is -1.99. The van der Waals surface area contributed by atoms with Crippen LogP contribution >= 0.6 is 0 Å². The Hall–Kier alpha value is -2.64. The molecule has 1 amide bonds. The van der Waals surface area contributed by atoms with Crippen molar-refractivity contribution >= 4 is 17.7 Å². The first-order valence-corrected chi connectivity index (χ1v) is 7.97. The molecular weight excluding hydrogens is 328 g/mol. The van der Waals surface area contributed by atoms with E-state index in [9.17, 15) is 24.8 Å². The first kappa shape index (κ1) is 20.4. The van der Waals surface area contributed by atoms with Crippen molar-refractivity contribution in [2.45, 2.75) is 58.1 Å². The quantitative estimate of drug-likeness (QED) is 0.574. The van der Waals surface area contributed by atoms with Gasteiger partial charge < -0.3 is 15.2 Å². The predicted molar refractivity (Wildman–Crippen MR) is 91.4 cm³/mol. The number of alkyl carbamates (subject to hydrolysis) is 1. The average Bonchev–Trinajstić information content (AvgIpc) is 2.49. The largest absolute Gasteiger partial charge is 0.480 e. The predicted octanol–water partition coefficient (Wildman–Crippen LogP) is 3.29. The molecule has 138 valence electrons. The van der Waals surface area contributed by atoms with Crippen LogP contribution in [0.2, 0.25) is 0 Å². The molecule has 25 heavy (non-hydrogen) atoms. The molecule has 0 aliphatic heterocycles. The lowest BCUT2D eigenvalue weighted by atomic mass is 9.88. The number of nitro groups is 1. The van der Waals surface area contributed by atoms with E-state index in [1.54, 1.807) is 45.9 Å². The maximum absolute atomic E-state index is 12.0. The van der Waals surface area contributed by atoms with Crippen LogP contribution in [0.25, 0.3) is 0 Å². The molecule has 0 saturated heterocycles. The van der Waals surface area contributed by atoms with Gasteiger partial charge >= 0.3 is 12.1 Å². The zero-order chi connectivity index (χ0) is 19.3. The van der Waals surface area contributed by atoms with Crippen LogP contribution in [0, 0.1) is 10.1 Å². The van der Waals surface area contributed by atoms with Gasteiger partial charge in [0, 0.05) is 11.6 Å². The van der Waals surface area contributed by atoms with Crippen molar-refractivity contribution in [2.24, 2.45) is 0 Å². The summed E-state index contributed by atoms with van der Waals surface area (Å²) < 4.78 is 5.14. The SMILES string of the molecule is CCC(CCc1ccccc1[N+](=O)[O-])(NC(=O)OC(C)(C)C)C(=O)O. The second-order valence-electron chi connectivity index (χ2n) is 6.75. The number of carboxylic acid groups (broad SMARTS) is 1. The Morgan fingerprint density at radius 3 is 2.36 bits per heavy atom. The highest BCUT2D eigenvalue weighted by Gasteiger charge is 2.39. The number of carbonyl (C=O) groups excluding carboxylic acids is 1. The van der Waals surface area contributed by atoms with Crippen LogP contribution in [-0.2, 0) is 16.0 Å². The van der Waals surface area contributed by atoms with Crippen molar-refractivity contribution in [3.63, 3.8) is 0 Å². The highest BCUT2D eigenvalue weighted by molar-refractivity contribution is 5.84. The van der Waals surface area contributed by atoms with E-state index in [1.165, 1.54) is 6.07 Å². The molecule has 0 aliphatic rings. The number of nitrogens with one attached hydrogen (secondary N) is 1. The summed E-state index contributed by atoms with van der Waals surface area (Å²) in [5.74, 6) is -1.21. The number of aliphatic carboxylic acids is 1. The maximum atomic E-state index is 12.0. The number of amides is 1. The molecule has 2 N–H and O–H groups in total. The van der Waals surface area contributed by atoms with Crippen LogP contribution in [0.5, 0.6) is 0 Å². The number of hydrogen-bond donors (Lipinski definition) is 2. The van der Waals surface area contributed by atoms with E-state index in [0.29, 0.717) is 5.56 Å². The number of rotatable bonds is 7. The van der Waals surface area contributed by atoms with E-state index in [1.807, 2.05) is 0 Å². The van der Waals surface area contributed by atoms with Gasteiger partial charge in [-0.2, -0.15) is 0 Å². The summed E-state index contributed by atoms with van der Waals surface area (Å²) in [6.45, 7) is 6.65. The van der Waals surface area contributed by atoms with Gasteiger partial charge in [-0.05, 0) is 40.0 Å². The van der Waals surface area contributed by atoms with Gasteiger partial charge in [0.25, 0.3) is 5.69 Å². The average molecular weight is 352 g/mol. The van der Waals surface area contributed by atoms with Crippen LogP contribution in [-0.4, -0.2) is 33.2 Å². The minimum absolute atomic E-state index is 0.00291. The molecule has 0 aliphatic carbocycles. The van der Waals surface area contributed by atoms with Crippen molar-refractivity contribution in [3.8, 4) is 0 Å². The van der Waals surface area contributed by atoms with E-state index >= 15 is 0 Å². The molecular formula is C17H24N2O6. The molecule has 1 aromatic carbocycles. The van der Waals surface area contributed by atoms with Crippen molar-refractivity contribution in [1.82, 2.24) is 5.32 Å². The fourth-order valence-electron chi connectivity index (χ4n) is 2.39. The molecule has 0 fully saturated rings. The van der Waals surface area contributed by atoms with Crippen LogP contribution in [0.15, 0.2) is 24.3 Å². The van der Waals surface area contributed by atoms with E-state index < -0.39 is 28.1 Å². The monoisotopic (exact) mass is 352 g/mol. The lowest BCUT2D eigenvalue weighted by molar-refractivity contribution is -0.385. The molecule has 1 atom stereocenters. The molecule has 8 nitrogen and oxygen atoms in total. The number of nitro benzene ring substituents is 1. The van der Waals surface area contributed by atoms with Gasteiger partial charge in [0.2, 0.25) is 0 Å². The Kier molecular flexibility index (Phi) is 6.49. The van der Waals surface area contributed by atoms with Gasteiger partial charge in [0.1, 0.15) is 11.1 Å². The second kappa shape index (κ2) is 7.96. The summed E-state index contributed by atoms with van der Waals surface area (Å²) in [6.07, 6.45) is -0.586. The number of ether oxygens (including phenoxy) is 1. The first-order chi connectivity index (χ1) is 11.5. The molecule has 1 rings (SSSR count). The highest BCUT2D eigenvalue weighted by Crippen LogP contribution is 2.25. The third kappa shape index (κ3) is 5.74. The minimum Gasteiger partial charge on any atom is -0.480 e. The zero-order valence-corrected chi connectivity index (χ0v) is 14.9. The van der Waals surface area contributed by atoms with E-state index in [0.717, 1.165) is 0 Å². The van der Waals surface area contributed by atoms with Crippen LogP contribution < -0.4 is 5.32 Å². The molecule has 8 heteroatoms. The fraction of sp³-hybridized carbons (Fsp3) is 0.529. The number of hydrogen-bond acceptors (Lipinski definition) is 5. The Bertz CT molecular complexity index is 653. The summed E-state index contributed by atoms with van der Waals surface area (Å²) in [6, 6.07) is 6.14. The minimum atomic E-state index is -1.56. The molecule has 1 aromatic rings. The molecule has 0 radical (unpaired) electrons. The van der Waals surface area contributed by atoms with Gasteiger partial charge in [-0.25, -0.2) is 9.59 Å². The smallest absolute Gasteiger partial charge is 0.408 e. The van der Waals surface area contributed by atoms with E-state index in [4.69, 9.17) is 4.74 Å². The van der Waals surface area contributed by atoms with Crippen molar-refractivity contribution in [1.29, 1.82) is 0 Å². The Balaban J connectivity index is 2.99. The summed E-state index contributed by atoms with van der Waals surface area (Å²) in [7, 11) is 0. The van der Waals surface area contributed by atoms with Crippen molar-refractivity contribution < 1.29 is 24.4 Å². The van der Waals surface area contributed by atoms with E-state index in [2.05, 4.69) is 5.32 Å². The summed E-state index contributed by atoms with van der Waals surface area (Å²) in [4.78, 5) is 34.4. The molecule has 1 unspecified atom stereocenters. The van der Waals surface area contributed by atoms with Gasteiger partial charge in [-0.1, -0.05) is 25.1 Å². The Morgan fingerprint density at radius 2 is 1.88 bits per heavy atom. The standard InChI is InChI=1S/C17H24N2O6/c1-5-17(14(20)21,18-15(22)25-16(2,3)4)11-10-12-8-6-7-9-13(12)19(23)24/h6-9H,5,10-11H2,1-4H3,(H,18,22)(H,20,21). The number of carboxylic acids is 1. The topological polar surface area (TPSA) is 119 Å². The number of benzene rings is 1. The molecule has 0 aromatic heterocycles. The zero-order valence-electron chi connectivity index (χ0n) is 14.9. The van der Waals surface area contributed by atoms with Crippen LogP contribution in [0.3, 0.4) is 0 Å². The maximum Gasteiger partial charge on any atom is 0.408 e. The number of nitrogens with zero attached hydrogens (tertiary/aromatic N) is 1. The van der Waals surface area contributed by atoms with Gasteiger partial charge in [-0.15, -0.1) is 0 Å². The number of carbonyl (C=O) groups is 2. The summed E-state index contributed by atoms with van der Waals surface area (Å²) >= 11 is 0.